The SMILES string of the molecule is COc1nc2nnnn2c2ccccc12. The van der Waals surface area contributed by atoms with Gasteiger partial charge in [0.05, 0.1) is 18.0 Å². The van der Waals surface area contributed by atoms with Crippen LogP contribution in [0.3, 0.4) is 0 Å². The number of benzene rings is 1. The van der Waals surface area contributed by atoms with Crippen molar-refractivity contribution in [3.05, 3.63) is 24.3 Å². The average molecular weight is 201 g/mol. The topological polar surface area (TPSA) is 65.2 Å². The summed E-state index contributed by atoms with van der Waals surface area (Å²) in [6.45, 7) is 0. The molecule has 0 amide bonds. The van der Waals surface area contributed by atoms with Crippen LogP contribution in [0.4, 0.5) is 0 Å². The van der Waals surface area contributed by atoms with Crippen LogP contribution in [-0.2, 0) is 0 Å². The molecule has 0 radical (unpaired) electrons. The first-order valence-corrected chi connectivity index (χ1v) is 4.41. The predicted molar refractivity (Wildman–Crippen MR) is 52.6 cm³/mol. The predicted octanol–water partition coefficient (Wildman–Crippen LogP) is 0.681. The fraction of sp³-hybridized carbons (Fsp3) is 0.111. The van der Waals surface area contributed by atoms with Gasteiger partial charge in [0.1, 0.15) is 0 Å². The van der Waals surface area contributed by atoms with Gasteiger partial charge in [0.25, 0.3) is 5.78 Å². The second-order valence-electron chi connectivity index (χ2n) is 3.03. The van der Waals surface area contributed by atoms with Gasteiger partial charge in [-0.2, -0.15) is 9.50 Å². The fourth-order valence-electron chi connectivity index (χ4n) is 1.55. The zero-order valence-electron chi connectivity index (χ0n) is 7.95. The Morgan fingerprint density at radius 1 is 1.27 bits per heavy atom. The number of aromatic nitrogens is 5. The van der Waals surface area contributed by atoms with Gasteiger partial charge >= 0.3 is 0 Å². The number of nitrogens with zero attached hydrogens (tertiary/aromatic N) is 5. The van der Waals surface area contributed by atoms with E-state index in [9.17, 15) is 0 Å². The lowest BCUT2D eigenvalue weighted by molar-refractivity contribution is 0.403. The molecule has 0 aliphatic heterocycles. The summed E-state index contributed by atoms with van der Waals surface area (Å²) >= 11 is 0. The molecule has 6 nitrogen and oxygen atoms in total. The minimum Gasteiger partial charge on any atom is -0.480 e. The molecule has 0 aliphatic carbocycles. The molecule has 2 aromatic heterocycles. The Balaban J connectivity index is 2.58. The van der Waals surface area contributed by atoms with E-state index < -0.39 is 0 Å². The highest BCUT2D eigenvalue weighted by molar-refractivity contribution is 5.85. The average Bonchev–Trinajstić information content (AvgIpc) is 2.76. The number of rotatable bonds is 1. The molecular formula is C9H7N5O. The molecule has 0 N–H and O–H groups in total. The zero-order valence-corrected chi connectivity index (χ0v) is 7.95. The Labute approximate surface area is 84.5 Å². The summed E-state index contributed by atoms with van der Waals surface area (Å²) in [6.07, 6.45) is 0. The fourth-order valence-corrected chi connectivity index (χ4v) is 1.55. The van der Waals surface area contributed by atoms with Crippen molar-refractivity contribution in [3.8, 4) is 5.88 Å². The van der Waals surface area contributed by atoms with Crippen LogP contribution in [0.15, 0.2) is 24.3 Å². The Bertz CT molecular complexity index is 633. The Morgan fingerprint density at radius 2 is 2.13 bits per heavy atom. The van der Waals surface area contributed by atoms with Crippen molar-refractivity contribution in [1.82, 2.24) is 25.0 Å². The molecule has 3 aromatic rings. The van der Waals surface area contributed by atoms with Crippen molar-refractivity contribution in [3.63, 3.8) is 0 Å². The summed E-state index contributed by atoms with van der Waals surface area (Å²) in [7, 11) is 1.58. The molecule has 6 heteroatoms. The first-order chi connectivity index (χ1) is 7.40. The molecule has 0 fully saturated rings. The van der Waals surface area contributed by atoms with E-state index in [1.807, 2.05) is 24.3 Å². The number of methoxy groups -OCH3 is 1. The van der Waals surface area contributed by atoms with E-state index in [-0.39, 0.29) is 0 Å². The molecule has 0 saturated carbocycles. The molecule has 15 heavy (non-hydrogen) atoms. The summed E-state index contributed by atoms with van der Waals surface area (Å²) in [5.41, 5.74) is 0.879. The zero-order chi connectivity index (χ0) is 10.3. The summed E-state index contributed by atoms with van der Waals surface area (Å²) in [5, 5.41) is 12.1. The number of hydrogen-bond donors (Lipinski definition) is 0. The van der Waals surface area contributed by atoms with E-state index in [1.54, 1.807) is 11.6 Å². The van der Waals surface area contributed by atoms with Crippen molar-refractivity contribution in [2.45, 2.75) is 0 Å². The van der Waals surface area contributed by atoms with E-state index in [1.165, 1.54) is 0 Å². The van der Waals surface area contributed by atoms with Crippen LogP contribution in [0.1, 0.15) is 0 Å². The maximum atomic E-state index is 5.18. The first-order valence-electron chi connectivity index (χ1n) is 4.41. The van der Waals surface area contributed by atoms with Gasteiger partial charge in [0.15, 0.2) is 0 Å². The van der Waals surface area contributed by atoms with Crippen molar-refractivity contribution in [2.24, 2.45) is 0 Å². The third-order valence-electron chi connectivity index (χ3n) is 2.21. The molecule has 0 bridgehead atoms. The number of fused-ring (bicyclic) bond motifs is 3. The highest BCUT2D eigenvalue weighted by Gasteiger charge is 2.09. The molecule has 1 aromatic carbocycles. The van der Waals surface area contributed by atoms with Crippen LogP contribution < -0.4 is 4.74 Å². The normalized spacial score (nSPS) is 11.0. The minimum absolute atomic E-state index is 0.436. The highest BCUT2D eigenvalue weighted by atomic mass is 16.5. The van der Waals surface area contributed by atoms with Crippen molar-refractivity contribution < 1.29 is 4.74 Å². The van der Waals surface area contributed by atoms with E-state index in [0.29, 0.717) is 11.7 Å². The minimum atomic E-state index is 0.436. The smallest absolute Gasteiger partial charge is 0.277 e. The first kappa shape index (κ1) is 8.10. The van der Waals surface area contributed by atoms with E-state index in [0.717, 1.165) is 10.9 Å². The van der Waals surface area contributed by atoms with Crippen LogP contribution in [0.2, 0.25) is 0 Å². The van der Waals surface area contributed by atoms with Gasteiger partial charge in [0.2, 0.25) is 5.88 Å². The lowest BCUT2D eigenvalue weighted by atomic mass is 10.2. The van der Waals surface area contributed by atoms with Crippen LogP contribution in [0.25, 0.3) is 16.7 Å². The molecule has 3 rings (SSSR count). The quantitative estimate of drug-likeness (QED) is 0.579. The third-order valence-corrected chi connectivity index (χ3v) is 2.21. The van der Waals surface area contributed by atoms with Gasteiger partial charge < -0.3 is 4.74 Å². The standard InChI is InChI=1S/C9H7N5O/c1-15-8-6-4-2-3-5-7(6)14-9(10-8)11-12-13-14/h2-5H,1H3. The monoisotopic (exact) mass is 201 g/mol. The summed E-state index contributed by atoms with van der Waals surface area (Å²) in [4.78, 5) is 4.19. The highest BCUT2D eigenvalue weighted by Crippen LogP contribution is 2.22. The maximum absolute atomic E-state index is 5.18. The van der Waals surface area contributed by atoms with Crippen LogP contribution in [-0.4, -0.2) is 32.1 Å². The molecule has 0 atom stereocenters. The number of hydrogen-bond acceptors (Lipinski definition) is 5. The summed E-state index contributed by atoms with van der Waals surface area (Å²) < 4.78 is 6.77. The molecule has 0 unspecified atom stereocenters. The summed E-state index contributed by atoms with van der Waals surface area (Å²) in [5.74, 6) is 0.971. The molecule has 74 valence electrons. The number of tetrazole rings is 1. The van der Waals surface area contributed by atoms with Gasteiger partial charge in [-0.3, -0.25) is 0 Å². The van der Waals surface area contributed by atoms with E-state index in [4.69, 9.17) is 4.74 Å². The molecular weight excluding hydrogens is 194 g/mol. The summed E-state index contributed by atoms with van der Waals surface area (Å²) in [6, 6.07) is 7.68. The van der Waals surface area contributed by atoms with Gasteiger partial charge in [-0.25, -0.2) is 0 Å². The van der Waals surface area contributed by atoms with E-state index >= 15 is 0 Å². The van der Waals surface area contributed by atoms with Crippen LogP contribution in [0, 0.1) is 0 Å². The maximum Gasteiger partial charge on any atom is 0.277 e. The molecule has 0 aliphatic rings. The largest absolute Gasteiger partial charge is 0.480 e. The Hall–Kier alpha value is -2.24. The van der Waals surface area contributed by atoms with Gasteiger partial charge in [-0.1, -0.05) is 17.2 Å². The Kier molecular flexibility index (Phi) is 1.55. The molecule has 0 saturated heterocycles. The van der Waals surface area contributed by atoms with Gasteiger partial charge in [0, 0.05) is 0 Å². The Morgan fingerprint density at radius 3 is 3.00 bits per heavy atom. The lowest BCUT2D eigenvalue weighted by Crippen LogP contribution is -1.97. The van der Waals surface area contributed by atoms with Crippen molar-refractivity contribution in [1.29, 1.82) is 0 Å². The lowest BCUT2D eigenvalue weighted by Gasteiger charge is -2.03. The number of ether oxygens (including phenoxy) is 1. The van der Waals surface area contributed by atoms with Gasteiger partial charge in [-0.05, 0) is 22.6 Å². The van der Waals surface area contributed by atoms with Crippen LogP contribution >= 0.6 is 0 Å². The van der Waals surface area contributed by atoms with E-state index in [2.05, 4.69) is 20.5 Å². The molecule has 2 heterocycles. The second-order valence-corrected chi connectivity index (χ2v) is 3.03. The van der Waals surface area contributed by atoms with Crippen molar-refractivity contribution in [2.75, 3.05) is 7.11 Å². The van der Waals surface area contributed by atoms with Crippen LogP contribution in [0.5, 0.6) is 5.88 Å². The second kappa shape index (κ2) is 2.88. The molecule has 0 spiro atoms. The van der Waals surface area contributed by atoms with Crippen molar-refractivity contribution >= 4 is 16.7 Å². The number of para-hydroxylation sites is 1. The van der Waals surface area contributed by atoms with Gasteiger partial charge in [-0.15, -0.1) is 0 Å². The third kappa shape index (κ3) is 1.04.